The summed E-state index contributed by atoms with van der Waals surface area (Å²) in [5.41, 5.74) is 0.532. The fourth-order valence-electron chi connectivity index (χ4n) is 1.70. The standard InChI is InChI=1S/C10H11FN2OS/c11-8-2-9(4-12-3-8)13-5-7(6-15)1-10(13)14/h2-4,7,15H,1,5-6H2. The third-order valence-electron chi connectivity index (χ3n) is 2.47. The van der Waals surface area contributed by atoms with Gasteiger partial charge >= 0.3 is 0 Å². The van der Waals surface area contributed by atoms with Crippen LogP contribution in [-0.2, 0) is 4.79 Å². The Morgan fingerprint density at radius 2 is 2.40 bits per heavy atom. The topological polar surface area (TPSA) is 33.2 Å². The van der Waals surface area contributed by atoms with Crippen molar-refractivity contribution in [2.75, 3.05) is 17.2 Å². The second kappa shape index (κ2) is 4.18. The molecule has 1 fully saturated rings. The number of carbonyl (C=O) groups excluding carboxylic acids is 1. The van der Waals surface area contributed by atoms with Crippen LogP contribution < -0.4 is 4.90 Å². The number of nitrogens with zero attached hydrogens (tertiary/aromatic N) is 2. The molecule has 0 saturated carbocycles. The van der Waals surface area contributed by atoms with Crippen molar-refractivity contribution in [1.29, 1.82) is 0 Å². The first-order chi connectivity index (χ1) is 7.20. The maximum Gasteiger partial charge on any atom is 0.227 e. The minimum Gasteiger partial charge on any atom is -0.310 e. The van der Waals surface area contributed by atoms with Crippen LogP contribution in [0.5, 0.6) is 0 Å². The number of thiol groups is 1. The Labute approximate surface area is 92.7 Å². The Morgan fingerprint density at radius 3 is 3.00 bits per heavy atom. The molecule has 80 valence electrons. The molecule has 1 aliphatic rings. The van der Waals surface area contributed by atoms with Gasteiger partial charge in [0.1, 0.15) is 5.82 Å². The number of rotatable bonds is 2. The second-order valence-electron chi connectivity index (χ2n) is 3.62. The summed E-state index contributed by atoms with van der Waals surface area (Å²) in [4.78, 5) is 16.9. The molecule has 1 aromatic rings. The molecule has 0 bridgehead atoms. The molecular weight excluding hydrogens is 215 g/mol. The van der Waals surface area contributed by atoms with Crippen molar-refractivity contribution >= 4 is 24.2 Å². The highest BCUT2D eigenvalue weighted by atomic mass is 32.1. The monoisotopic (exact) mass is 226 g/mol. The summed E-state index contributed by atoms with van der Waals surface area (Å²) in [5, 5.41) is 0. The molecule has 1 saturated heterocycles. The van der Waals surface area contributed by atoms with Crippen molar-refractivity contribution in [2.45, 2.75) is 6.42 Å². The highest BCUT2D eigenvalue weighted by molar-refractivity contribution is 7.80. The van der Waals surface area contributed by atoms with E-state index >= 15 is 0 Å². The number of carbonyl (C=O) groups is 1. The van der Waals surface area contributed by atoms with Crippen LogP contribution in [0.2, 0.25) is 0 Å². The Bertz CT molecular complexity index is 385. The molecule has 1 aromatic heterocycles. The fourth-order valence-corrected chi connectivity index (χ4v) is 1.95. The summed E-state index contributed by atoms with van der Waals surface area (Å²) in [6.45, 7) is 0.605. The van der Waals surface area contributed by atoms with Gasteiger partial charge in [0, 0.05) is 19.0 Å². The van der Waals surface area contributed by atoms with Crippen LogP contribution in [0.25, 0.3) is 0 Å². The van der Waals surface area contributed by atoms with E-state index < -0.39 is 5.82 Å². The van der Waals surface area contributed by atoms with Crippen molar-refractivity contribution in [2.24, 2.45) is 5.92 Å². The number of hydrogen-bond acceptors (Lipinski definition) is 3. The summed E-state index contributed by atoms with van der Waals surface area (Å²) in [7, 11) is 0. The summed E-state index contributed by atoms with van der Waals surface area (Å²) >= 11 is 4.16. The first-order valence-electron chi connectivity index (χ1n) is 4.72. The van der Waals surface area contributed by atoms with E-state index in [2.05, 4.69) is 17.6 Å². The van der Waals surface area contributed by atoms with Crippen LogP contribution in [0.4, 0.5) is 10.1 Å². The van der Waals surface area contributed by atoms with Gasteiger partial charge in [0.05, 0.1) is 18.1 Å². The van der Waals surface area contributed by atoms with Gasteiger partial charge in [-0.2, -0.15) is 12.6 Å². The quantitative estimate of drug-likeness (QED) is 0.775. The largest absolute Gasteiger partial charge is 0.310 e. The first-order valence-corrected chi connectivity index (χ1v) is 5.35. The average Bonchev–Trinajstić information content (AvgIpc) is 2.60. The lowest BCUT2D eigenvalue weighted by Gasteiger charge is -2.15. The Morgan fingerprint density at radius 1 is 1.60 bits per heavy atom. The summed E-state index contributed by atoms with van der Waals surface area (Å²) < 4.78 is 12.9. The molecule has 0 radical (unpaired) electrons. The van der Waals surface area contributed by atoms with E-state index in [4.69, 9.17) is 0 Å². The van der Waals surface area contributed by atoms with Gasteiger partial charge in [0.15, 0.2) is 0 Å². The lowest BCUT2D eigenvalue weighted by atomic mass is 10.1. The molecule has 0 spiro atoms. The lowest BCUT2D eigenvalue weighted by Crippen LogP contribution is -2.24. The van der Waals surface area contributed by atoms with E-state index in [-0.39, 0.29) is 11.8 Å². The van der Waals surface area contributed by atoms with E-state index in [1.165, 1.54) is 12.3 Å². The van der Waals surface area contributed by atoms with Crippen molar-refractivity contribution in [1.82, 2.24) is 4.98 Å². The summed E-state index contributed by atoms with van der Waals surface area (Å²) in [6.07, 6.45) is 3.11. The van der Waals surface area contributed by atoms with Gasteiger partial charge < -0.3 is 4.90 Å². The molecule has 0 aromatic carbocycles. The van der Waals surface area contributed by atoms with Crippen molar-refractivity contribution in [3.05, 3.63) is 24.3 Å². The molecule has 5 heteroatoms. The predicted octanol–water partition coefficient (Wildman–Crippen LogP) is 1.50. The van der Waals surface area contributed by atoms with E-state index in [0.717, 1.165) is 6.20 Å². The van der Waals surface area contributed by atoms with E-state index in [1.54, 1.807) is 4.90 Å². The van der Waals surface area contributed by atoms with Gasteiger partial charge in [-0.25, -0.2) is 4.39 Å². The van der Waals surface area contributed by atoms with Crippen LogP contribution in [0, 0.1) is 11.7 Å². The SMILES string of the molecule is O=C1CC(CS)CN1c1cncc(F)c1. The Kier molecular flexibility index (Phi) is 2.90. The van der Waals surface area contributed by atoms with Gasteiger partial charge in [-0.1, -0.05) is 0 Å². The molecule has 1 unspecified atom stereocenters. The molecule has 0 aliphatic carbocycles. The summed E-state index contributed by atoms with van der Waals surface area (Å²) in [6, 6.07) is 1.33. The normalized spacial score (nSPS) is 21.1. The van der Waals surface area contributed by atoms with Crippen molar-refractivity contribution in [3.63, 3.8) is 0 Å². The Balaban J connectivity index is 2.21. The zero-order chi connectivity index (χ0) is 10.8. The van der Waals surface area contributed by atoms with E-state index in [1.807, 2.05) is 0 Å². The fraction of sp³-hybridized carbons (Fsp3) is 0.400. The molecule has 2 rings (SSSR count). The smallest absolute Gasteiger partial charge is 0.227 e. The minimum atomic E-state index is -0.422. The minimum absolute atomic E-state index is 0.0152. The first kappa shape index (κ1) is 10.4. The molecule has 1 atom stereocenters. The van der Waals surface area contributed by atoms with Gasteiger partial charge in [-0.3, -0.25) is 9.78 Å². The number of pyridine rings is 1. The van der Waals surface area contributed by atoms with Gasteiger partial charge in [-0.05, 0) is 11.7 Å². The average molecular weight is 226 g/mol. The highest BCUT2D eigenvalue weighted by Gasteiger charge is 2.29. The molecule has 2 heterocycles. The van der Waals surface area contributed by atoms with Crippen LogP contribution in [0.1, 0.15) is 6.42 Å². The van der Waals surface area contributed by atoms with Crippen LogP contribution in [0.3, 0.4) is 0 Å². The molecule has 1 amide bonds. The van der Waals surface area contributed by atoms with Crippen LogP contribution in [-0.4, -0.2) is 23.2 Å². The maximum absolute atomic E-state index is 12.9. The lowest BCUT2D eigenvalue weighted by molar-refractivity contribution is -0.117. The van der Waals surface area contributed by atoms with Crippen molar-refractivity contribution < 1.29 is 9.18 Å². The molecule has 1 aliphatic heterocycles. The number of hydrogen-bond donors (Lipinski definition) is 1. The number of aromatic nitrogens is 1. The van der Waals surface area contributed by atoms with E-state index in [9.17, 15) is 9.18 Å². The number of halogens is 1. The molecule has 15 heavy (non-hydrogen) atoms. The maximum atomic E-state index is 12.9. The predicted molar refractivity (Wildman–Crippen MR) is 58.5 cm³/mol. The van der Waals surface area contributed by atoms with Gasteiger partial charge in [-0.15, -0.1) is 0 Å². The molecular formula is C10H11FN2OS. The third kappa shape index (κ3) is 2.12. The van der Waals surface area contributed by atoms with Gasteiger partial charge in [0.2, 0.25) is 5.91 Å². The highest BCUT2D eigenvalue weighted by Crippen LogP contribution is 2.25. The number of anilines is 1. The summed E-state index contributed by atoms with van der Waals surface area (Å²) in [5.74, 6) is 0.519. The Hall–Kier alpha value is -1.10. The van der Waals surface area contributed by atoms with Crippen LogP contribution in [0.15, 0.2) is 18.5 Å². The van der Waals surface area contributed by atoms with Crippen LogP contribution >= 0.6 is 12.6 Å². The zero-order valence-corrected chi connectivity index (χ0v) is 8.95. The number of amides is 1. The molecule has 0 N–H and O–H groups in total. The van der Waals surface area contributed by atoms with E-state index in [0.29, 0.717) is 24.4 Å². The second-order valence-corrected chi connectivity index (χ2v) is 3.98. The molecule has 3 nitrogen and oxygen atoms in total. The van der Waals surface area contributed by atoms with Gasteiger partial charge in [0.25, 0.3) is 0 Å². The third-order valence-corrected chi connectivity index (χ3v) is 2.98. The van der Waals surface area contributed by atoms with Crippen molar-refractivity contribution in [3.8, 4) is 0 Å². The zero-order valence-electron chi connectivity index (χ0n) is 8.06.